The molecule has 1 aliphatic heterocycles. The first-order valence-corrected chi connectivity index (χ1v) is 5.11. The Hall–Kier alpha value is -0.280. The molecule has 0 aliphatic carbocycles. The minimum atomic E-state index is -0.796. The van der Waals surface area contributed by atoms with Crippen LogP contribution in [-0.2, 0) is 15.3 Å². The quantitative estimate of drug-likeness (QED) is 0.741. The summed E-state index contributed by atoms with van der Waals surface area (Å²) in [5.74, 6) is -0.796. The molecule has 1 aromatic rings. The van der Waals surface area contributed by atoms with Crippen molar-refractivity contribution >= 4 is 23.2 Å². The summed E-state index contributed by atoms with van der Waals surface area (Å²) in [5.41, 5.74) is 0.709. The number of hydrogen-bond donors (Lipinski definition) is 0. The van der Waals surface area contributed by atoms with Gasteiger partial charge in [-0.25, -0.2) is 0 Å². The predicted molar refractivity (Wildman–Crippen MR) is 55.7 cm³/mol. The number of halogens is 2. The average Bonchev–Trinajstić information content (AvgIpc) is 2.52. The van der Waals surface area contributed by atoms with Crippen LogP contribution in [0.25, 0.3) is 0 Å². The second-order valence-electron chi connectivity index (χ2n) is 3.24. The molecule has 14 heavy (non-hydrogen) atoms. The van der Waals surface area contributed by atoms with E-state index in [4.69, 9.17) is 32.7 Å². The Bertz CT molecular complexity index is 326. The van der Waals surface area contributed by atoms with Crippen LogP contribution in [0.3, 0.4) is 0 Å². The van der Waals surface area contributed by atoms with Crippen LogP contribution in [0.4, 0.5) is 0 Å². The van der Waals surface area contributed by atoms with Crippen molar-refractivity contribution in [2.24, 2.45) is 0 Å². The van der Waals surface area contributed by atoms with E-state index in [0.717, 1.165) is 0 Å². The van der Waals surface area contributed by atoms with Gasteiger partial charge >= 0.3 is 0 Å². The molecule has 0 aromatic heterocycles. The van der Waals surface area contributed by atoms with E-state index in [2.05, 4.69) is 0 Å². The summed E-state index contributed by atoms with van der Waals surface area (Å²) in [7, 11) is 0. The average molecular weight is 233 g/mol. The topological polar surface area (TPSA) is 18.5 Å². The van der Waals surface area contributed by atoms with Gasteiger partial charge in [-0.1, -0.05) is 29.3 Å². The molecule has 0 saturated carbocycles. The molecule has 1 aromatic carbocycles. The Balaban J connectivity index is 2.49. The van der Waals surface area contributed by atoms with Crippen LogP contribution in [0, 0.1) is 0 Å². The Morgan fingerprint density at radius 2 is 1.64 bits per heavy atom. The fourth-order valence-electron chi connectivity index (χ4n) is 1.59. The van der Waals surface area contributed by atoms with Crippen LogP contribution in [0.15, 0.2) is 18.2 Å². The Morgan fingerprint density at radius 3 is 2.14 bits per heavy atom. The van der Waals surface area contributed by atoms with Gasteiger partial charge in [0.05, 0.1) is 23.3 Å². The molecule has 1 fully saturated rings. The fraction of sp³-hybridized carbons (Fsp3) is 0.400. The van der Waals surface area contributed by atoms with Crippen LogP contribution >= 0.6 is 23.2 Å². The maximum Gasteiger partial charge on any atom is 0.194 e. The zero-order chi connectivity index (χ0) is 10.2. The van der Waals surface area contributed by atoms with Crippen LogP contribution in [0.5, 0.6) is 0 Å². The van der Waals surface area contributed by atoms with Gasteiger partial charge in [0.25, 0.3) is 0 Å². The first-order valence-electron chi connectivity index (χ1n) is 4.36. The third-order valence-electron chi connectivity index (χ3n) is 2.26. The van der Waals surface area contributed by atoms with Crippen LogP contribution in [-0.4, -0.2) is 13.2 Å². The van der Waals surface area contributed by atoms with Crippen molar-refractivity contribution in [2.75, 3.05) is 13.2 Å². The molecule has 4 heteroatoms. The largest absolute Gasteiger partial charge is 0.344 e. The highest BCUT2D eigenvalue weighted by Gasteiger charge is 2.36. The summed E-state index contributed by atoms with van der Waals surface area (Å²) in [4.78, 5) is 0. The van der Waals surface area contributed by atoms with E-state index in [1.807, 2.05) is 6.92 Å². The normalized spacial score (nSPS) is 19.9. The van der Waals surface area contributed by atoms with E-state index < -0.39 is 5.79 Å². The van der Waals surface area contributed by atoms with E-state index in [1.165, 1.54) is 0 Å². The van der Waals surface area contributed by atoms with Gasteiger partial charge in [0.15, 0.2) is 5.79 Å². The van der Waals surface area contributed by atoms with E-state index >= 15 is 0 Å². The standard InChI is InChI=1S/C10H10Cl2O2/c1-10(13-5-6-14-10)9-7(11)3-2-4-8(9)12/h2-4H,5-6H2,1H3. The Morgan fingerprint density at radius 1 is 1.14 bits per heavy atom. The summed E-state index contributed by atoms with van der Waals surface area (Å²) < 4.78 is 11.0. The number of hydrogen-bond acceptors (Lipinski definition) is 2. The van der Waals surface area contributed by atoms with Crippen molar-refractivity contribution in [1.29, 1.82) is 0 Å². The molecule has 0 N–H and O–H groups in total. The zero-order valence-corrected chi connectivity index (χ0v) is 9.23. The Kier molecular flexibility index (Phi) is 2.71. The zero-order valence-electron chi connectivity index (χ0n) is 7.72. The van der Waals surface area contributed by atoms with Crippen LogP contribution in [0.2, 0.25) is 10.0 Å². The van der Waals surface area contributed by atoms with Gasteiger partial charge in [-0.2, -0.15) is 0 Å². The third kappa shape index (κ3) is 1.63. The van der Waals surface area contributed by atoms with E-state index in [9.17, 15) is 0 Å². The van der Waals surface area contributed by atoms with Crippen LogP contribution < -0.4 is 0 Å². The number of rotatable bonds is 1. The second-order valence-corrected chi connectivity index (χ2v) is 4.05. The highest BCUT2D eigenvalue weighted by atomic mass is 35.5. The number of benzene rings is 1. The molecule has 1 saturated heterocycles. The highest BCUT2D eigenvalue weighted by molar-refractivity contribution is 6.36. The van der Waals surface area contributed by atoms with Crippen molar-refractivity contribution in [1.82, 2.24) is 0 Å². The van der Waals surface area contributed by atoms with Gasteiger partial charge in [-0.05, 0) is 19.1 Å². The SMILES string of the molecule is CC1(c2c(Cl)cccc2Cl)OCCO1. The summed E-state index contributed by atoms with van der Waals surface area (Å²) >= 11 is 12.1. The summed E-state index contributed by atoms with van der Waals surface area (Å²) in [6.45, 7) is 2.96. The van der Waals surface area contributed by atoms with Gasteiger partial charge in [0, 0.05) is 5.56 Å². The van der Waals surface area contributed by atoms with Crippen LogP contribution in [0.1, 0.15) is 12.5 Å². The molecule has 1 aliphatic rings. The van der Waals surface area contributed by atoms with Crippen molar-refractivity contribution in [2.45, 2.75) is 12.7 Å². The second kappa shape index (κ2) is 3.70. The minimum absolute atomic E-state index is 0.568. The lowest BCUT2D eigenvalue weighted by molar-refractivity contribution is -0.149. The minimum Gasteiger partial charge on any atom is -0.344 e. The molecular weight excluding hydrogens is 223 g/mol. The predicted octanol–water partition coefficient (Wildman–Crippen LogP) is 3.21. The maximum absolute atomic E-state index is 6.05. The molecule has 76 valence electrons. The van der Waals surface area contributed by atoms with Gasteiger partial charge < -0.3 is 9.47 Å². The molecule has 0 radical (unpaired) electrons. The molecule has 0 unspecified atom stereocenters. The summed E-state index contributed by atoms with van der Waals surface area (Å²) in [6.07, 6.45) is 0. The molecule has 2 nitrogen and oxygen atoms in total. The lowest BCUT2D eigenvalue weighted by Gasteiger charge is -2.24. The van der Waals surface area contributed by atoms with Crippen molar-refractivity contribution < 1.29 is 9.47 Å². The van der Waals surface area contributed by atoms with Gasteiger partial charge in [0.2, 0.25) is 0 Å². The molecule has 0 spiro atoms. The molecular formula is C10H10Cl2O2. The number of ether oxygens (including phenoxy) is 2. The molecule has 2 rings (SSSR count). The summed E-state index contributed by atoms with van der Waals surface area (Å²) in [6, 6.07) is 5.35. The van der Waals surface area contributed by atoms with Gasteiger partial charge in [-0.15, -0.1) is 0 Å². The lowest BCUT2D eigenvalue weighted by Crippen LogP contribution is -2.23. The van der Waals surface area contributed by atoms with E-state index in [0.29, 0.717) is 28.8 Å². The van der Waals surface area contributed by atoms with Gasteiger partial charge in [0.1, 0.15) is 0 Å². The molecule has 0 atom stereocenters. The smallest absolute Gasteiger partial charge is 0.194 e. The molecule has 0 amide bonds. The highest BCUT2D eigenvalue weighted by Crippen LogP contribution is 2.39. The van der Waals surface area contributed by atoms with E-state index in [-0.39, 0.29) is 0 Å². The third-order valence-corrected chi connectivity index (χ3v) is 2.89. The lowest BCUT2D eigenvalue weighted by atomic mass is 10.1. The Labute approximate surface area is 92.7 Å². The molecule has 1 heterocycles. The summed E-state index contributed by atoms with van der Waals surface area (Å²) in [5, 5.41) is 1.14. The van der Waals surface area contributed by atoms with Crippen molar-refractivity contribution in [3.63, 3.8) is 0 Å². The molecule has 0 bridgehead atoms. The monoisotopic (exact) mass is 232 g/mol. The maximum atomic E-state index is 6.05. The first-order chi connectivity index (χ1) is 6.63. The van der Waals surface area contributed by atoms with E-state index in [1.54, 1.807) is 18.2 Å². The van der Waals surface area contributed by atoms with Crippen molar-refractivity contribution in [3.05, 3.63) is 33.8 Å². The van der Waals surface area contributed by atoms with Gasteiger partial charge in [-0.3, -0.25) is 0 Å². The first kappa shape index (κ1) is 10.2. The fourth-order valence-corrected chi connectivity index (χ4v) is 2.33. The van der Waals surface area contributed by atoms with Crippen molar-refractivity contribution in [3.8, 4) is 0 Å².